The van der Waals surface area contributed by atoms with E-state index in [1.165, 1.54) is 25.3 Å². The van der Waals surface area contributed by atoms with Crippen molar-refractivity contribution in [2.24, 2.45) is 0 Å². The van der Waals surface area contributed by atoms with E-state index in [1.807, 2.05) is 0 Å². The summed E-state index contributed by atoms with van der Waals surface area (Å²) in [7, 11) is 1.24. The number of rotatable bonds is 6. The number of hydrogen-bond acceptors (Lipinski definition) is 5. The fraction of sp³-hybridized carbons (Fsp3) is 0.200. The van der Waals surface area contributed by atoms with Crippen LogP contribution in [-0.4, -0.2) is 28.5 Å². The Bertz CT molecular complexity index is 1200. The van der Waals surface area contributed by atoms with Gasteiger partial charge in [0.2, 0.25) is 5.91 Å². The lowest BCUT2D eigenvalue weighted by Crippen LogP contribution is -2.35. The molecule has 0 bridgehead atoms. The molecule has 29 heavy (non-hydrogen) atoms. The van der Waals surface area contributed by atoms with E-state index in [0.717, 1.165) is 4.57 Å². The van der Waals surface area contributed by atoms with E-state index in [4.69, 9.17) is 11.6 Å². The number of nitrogens with one attached hydrogen (secondary N) is 2. The van der Waals surface area contributed by atoms with Crippen molar-refractivity contribution in [2.45, 2.75) is 19.4 Å². The van der Waals surface area contributed by atoms with Crippen LogP contribution in [0.1, 0.15) is 23.2 Å². The van der Waals surface area contributed by atoms with E-state index in [2.05, 4.69) is 15.0 Å². The highest BCUT2D eigenvalue weighted by Gasteiger charge is 2.15. The van der Waals surface area contributed by atoms with E-state index in [0.29, 0.717) is 15.9 Å². The Hall–Kier alpha value is -3.39. The summed E-state index contributed by atoms with van der Waals surface area (Å²) in [4.78, 5) is 51.4. The number of benzene rings is 2. The molecule has 0 saturated heterocycles. The second-order valence-corrected chi connectivity index (χ2v) is 6.70. The Morgan fingerprint density at radius 1 is 1.17 bits per heavy atom. The monoisotopic (exact) mass is 415 g/mol. The maximum absolute atomic E-state index is 12.5. The minimum atomic E-state index is -0.605. The Labute approximate surface area is 170 Å². The summed E-state index contributed by atoms with van der Waals surface area (Å²) >= 11 is 5.94. The largest absolute Gasteiger partial charge is 0.465 e. The first-order chi connectivity index (χ1) is 13.9. The molecule has 0 atom stereocenters. The number of amides is 1. The molecule has 3 rings (SSSR count). The lowest BCUT2D eigenvalue weighted by molar-refractivity contribution is -0.116. The second-order valence-electron chi connectivity index (χ2n) is 6.27. The lowest BCUT2D eigenvalue weighted by Gasteiger charge is -2.11. The molecule has 1 amide bonds. The standard InChI is InChI=1S/C20H18ClN3O5/c1-29-19(27)14-9-8-12(21)11-16(14)22-17(25)7-4-10-24-18(26)13-5-2-3-6-15(13)23-20(24)28/h2-3,5-6,8-9,11H,4,7,10H2,1H3,(H,22,25)(H,23,28). The summed E-state index contributed by atoms with van der Waals surface area (Å²) in [5.41, 5.74) is -0.0696. The summed E-state index contributed by atoms with van der Waals surface area (Å²) in [5, 5.41) is 3.36. The minimum Gasteiger partial charge on any atom is -0.465 e. The van der Waals surface area contributed by atoms with Crippen molar-refractivity contribution in [3.8, 4) is 0 Å². The number of fused-ring (bicyclic) bond motifs is 1. The van der Waals surface area contributed by atoms with Gasteiger partial charge in [-0.05, 0) is 36.8 Å². The topological polar surface area (TPSA) is 110 Å². The zero-order valence-corrected chi connectivity index (χ0v) is 16.3. The highest BCUT2D eigenvalue weighted by Crippen LogP contribution is 2.22. The summed E-state index contributed by atoms with van der Waals surface area (Å²) < 4.78 is 5.75. The molecule has 2 N–H and O–H groups in total. The molecule has 3 aromatic rings. The van der Waals surface area contributed by atoms with Crippen molar-refractivity contribution in [3.05, 3.63) is 73.9 Å². The number of hydrogen-bond donors (Lipinski definition) is 2. The summed E-state index contributed by atoms with van der Waals surface area (Å²) in [6.07, 6.45) is 0.285. The van der Waals surface area contributed by atoms with E-state index in [9.17, 15) is 19.2 Å². The van der Waals surface area contributed by atoms with Gasteiger partial charge in [0.15, 0.2) is 0 Å². The van der Waals surface area contributed by atoms with Gasteiger partial charge >= 0.3 is 11.7 Å². The third-order valence-corrected chi connectivity index (χ3v) is 4.57. The van der Waals surface area contributed by atoms with Crippen molar-refractivity contribution in [1.29, 1.82) is 0 Å². The van der Waals surface area contributed by atoms with Gasteiger partial charge in [-0.25, -0.2) is 9.59 Å². The lowest BCUT2D eigenvalue weighted by atomic mass is 10.1. The number of H-pyrrole nitrogens is 1. The molecular formula is C20H18ClN3O5. The molecule has 8 nitrogen and oxygen atoms in total. The predicted molar refractivity (Wildman–Crippen MR) is 109 cm³/mol. The maximum Gasteiger partial charge on any atom is 0.339 e. The fourth-order valence-corrected chi connectivity index (χ4v) is 3.09. The van der Waals surface area contributed by atoms with Gasteiger partial charge in [-0.1, -0.05) is 23.7 Å². The number of ether oxygens (including phenoxy) is 1. The third-order valence-electron chi connectivity index (χ3n) is 4.34. The number of halogens is 1. The Morgan fingerprint density at radius 3 is 2.69 bits per heavy atom. The molecule has 0 fully saturated rings. The number of aromatic nitrogens is 2. The first kappa shape index (κ1) is 20.3. The molecule has 0 unspecified atom stereocenters. The molecule has 0 saturated carbocycles. The van der Waals surface area contributed by atoms with Crippen LogP contribution in [0, 0.1) is 0 Å². The molecule has 1 heterocycles. The van der Waals surface area contributed by atoms with Crippen LogP contribution in [0.3, 0.4) is 0 Å². The van der Waals surface area contributed by atoms with Gasteiger partial charge in [0.1, 0.15) is 0 Å². The highest BCUT2D eigenvalue weighted by molar-refractivity contribution is 6.31. The first-order valence-electron chi connectivity index (χ1n) is 8.80. The van der Waals surface area contributed by atoms with Crippen molar-refractivity contribution in [1.82, 2.24) is 9.55 Å². The first-order valence-corrected chi connectivity index (χ1v) is 9.18. The number of nitrogens with zero attached hydrogens (tertiary/aromatic N) is 1. The van der Waals surface area contributed by atoms with E-state index < -0.39 is 17.2 Å². The van der Waals surface area contributed by atoms with E-state index in [1.54, 1.807) is 24.3 Å². The normalized spacial score (nSPS) is 10.7. The van der Waals surface area contributed by atoms with Gasteiger partial charge in [0, 0.05) is 18.0 Å². The van der Waals surface area contributed by atoms with Gasteiger partial charge in [-0.3, -0.25) is 14.2 Å². The summed E-state index contributed by atoms with van der Waals surface area (Å²) in [6.45, 7) is 0.0752. The number of anilines is 1. The number of carbonyl (C=O) groups is 2. The third kappa shape index (κ3) is 4.55. The molecule has 9 heteroatoms. The molecule has 2 aromatic carbocycles. The fourth-order valence-electron chi connectivity index (χ4n) is 2.92. The van der Waals surface area contributed by atoms with Gasteiger partial charge in [-0.2, -0.15) is 0 Å². The summed E-state index contributed by atoms with van der Waals surface area (Å²) in [5.74, 6) is -0.992. The second kappa shape index (κ2) is 8.74. The number of carbonyl (C=O) groups excluding carboxylic acids is 2. The zero-order valence-electron chi connectivity index (χ0n) is 15.5. The molecule has 0 aliphatic rings. The molecule has 0 aliphatic heterocycles. The van der Waals surface area contributed by atoms with Gasteiger partial charge in [0.05, 0.1) is 29.3 Å². The van der Waals surface area contributed by atoms with Crippen molar-refractivity contribution in [3.63, 3.8) is 0 Å². The van der Waals surface area contributed by atoms with E-state index in [-0.39, 0.29) is 36.5 Å². The molecule has 0 radical (unpaired) electrons. The molecule has 1 aromatic heterocycles. The molecule has 150 valence electrons. The maximum atomic E-state index is 12.5. The Balaban J connectivity index is 1.69. The summed E-state index contributed by atoms with van der Waals surface area (Å²) in [6, 6.07) is 11.1. The molecule has 0 spiro atoms. The number of para-hydroxylation sites is 1. The average molecular weight is 416 g/mol. The Morgan fingerprint density at radius 2 is 1.93 bits per heavy atom. The SMILES string of the molecule is COC(=O)c1ccc(Cl)cc1NC(=O)CCCn1c(=O)[nH]c2ccccc2c1=O. The van der Waals surface area contributed by atoms with Crippen LogP contribution in [0.4, 0.5) is 5.69 Å². The van der Waals surface area contributed by atoms with Crippen LogP contribution in [-0.2, 0) is 16.1 Å². The number of aromatic amines is 1. The number of esters is 1. The van der Waals surface area contributed by atoms with Gasteiger partial charge in [-0.15, -0.1) is 0 Å². The van der Waals surface area contributed by atoms with Crippen molar-refractivity contribution in [2.75, 3.05) is 12.4 Å². The average Bonchev–Trinajstić information content (AvgIpc) is 2.70. The predicted octanol–water partition coefficient (Wildman–Crippen LogP) is 2.55. The van der Waals surface area contributed by atoms with Crippen LogP contribution < -0.4 is 16.6 Å². The van der Waals surface area contributed by atoms with Crippen LogP contribution in [0.5, 0.6) is 0 Å². The van der Waals surface area contributed by atoms with Crippen LogP contribution in [0.2, 0.25) is 5.02 Å². The van der Waals surface area contributed by atoms with Gasteiger partial charge in [0.25, 0.3) is 5.56 Å². The van der Waals surface area contributed by atoms with Crippen molar-refractivity contribution < 1.29 is 14.3 Å². The quantitative estimate of drug-likeness (QED) is 0.601. The molecular weight excluding hydrogens is 398 g/mol. The smallest absolute Gasteiger partial charge is 0.339 e. The van der Waals surface area contributed by atoms with Gasteiger partial charge < -0.3 is 15.0 Å². The minimum absolute atomic E-state index is 0.0336. The Kier molecular flexibility index (Phi) is 6.13. The van der Waals surface area contributed by atoms with Crippen molar-refractivity contribution >= 4 is 40.1 Å². The number of methoxy groups -OCH3 is 1. The molecule has 0 aliphatic carbocycles. The van der Waals surface area contributed by atoms with E-state index >= 15 is 0 Å². The highest BCUT2D eigenvalue weighted by atomic mass is 35.5. The van der Waals surface area contributed by atoms with Crippen LogP contribution >= 0.6 is 11.6 Å². The zero-order chi connectivity index (χ0) is 21.0. The van der Waals surface area contributed by atoms with Crippen LogP contribution in [0.15, 0.2) is 52.1 Å². The van der Waals surface area contributed by atoms with Crippen LogP contribution in [0.25, 0.3) is 10.9 Å².